The lowest BCUT2D eigenvalue weighted by Gasteiger charge is -2.44. The van der Waals surface area contributed by atoms with Crippen LogP contribution in [0.1, 0.15) is 60.8 Å². The summed E-state index contributed by atoms with van der Waals surface area (Å²) in [7, 11) is -2.43. The smallest absolute Gasteiger partial charge is 0.304 e. The molecule has 7 nitrogen and oxygen atoms in total. The van der Waals surface area contributed by atoms with E-state index < -0.39 is 16.6 Å². The van der Waals surface area contributed by atoms with Gasteiger partial charge in [0.1, 0.15) is 29.7 Å². The summed E-state index contributed by atoms with van der Waals surface area (Å²) < 4.78 is 53.0. The predicted octanol–water partition coefficient (Wildman–Crippen LogP) is 7.44. The predicted molar refractivity (Wildman–Crippen MR) is 161 cm³/mol. The van der Waals surface area contributed by atoms with E-state index >= 15 is 4.39 Å². The van der Waals surface area contributed by atoms with Crippen LogP contribution < -0.4 is 14.2 Å². The Hall–Kier alpha value is -3.27. The zero-order valence-electron chi connectivity index (χ0n) is 23.7. The minimum absolute atomic E-state index is 0.0125. The van der Waals surface area contributed by atoms with Crippen molar-refractivity contribution in [2.75, 3.05) is 24.7 Å². The van der Waals surface area contributed by atoms with Crippen molar-refractivity contribution in [1.29, 1.82) is 0 Å². The molecular weight excluding hydrogens is 559 g/mol. The molecule has 0 bridgehead atoms. The molecule has 0 aromatic heterocycles. The summed E-state index contributed by atoms with van der Waals surface area (Å²) in [6, 6.07) is 15.0. The Morgan fingerprint density at radius 1 is 1.00 bits per heavy atom. The first-order valence-corrected chi connectivity index (χ1v) is 16.4. The van der Waals surface area contributed by atoms with Crippen molar-refractivity contribution in [3.63, 3.8) is 0 Å². The van der Waals surface area contributed by atoms with Gasteiger partial charge in [-0.05, 0) is 84.7 Å². The quantitative estimate of drug-likeness (QED) is 0.248. The normalized spacial score (nSPS) is 20.7. The van der Waals surface area contributed by atoms with Crippen molar-refractivity contribution in [2.45, 2.75) is 58.0 Å². The Morgan fingerprint density at radius 3 is 2.48 bits per heavy atom. The van der Waals surface area contributed by atoms with Gasteiger partial charge in [0.25, 0.3) is 0 Å². The molecular formula is C33H37FO7S. The third-order valence-electron chi connectivity index (χ3n) is 8.86. The molecule has 0 spiro atoms. The van der Waals surface area contributed by atoms with Gasteiger partial charge in [-0.3, -0.25) is 13.9 Å². The summed E-state index contributed by atoms with van der Waals surface area (Å²) in [5, 5.41) is 9.13. The molecule has 0 unspecified atom stereocenters. The highest BCUT2D eigenvalue weighted by atomic mass is 32.3. The van der Waals surface area contributed by atoms with Crippen LogP contribution in [-0.4, -0.2) is 44.9 Å². The molecule has 1 aliphatic carbocycles. The lowest BCUT2D eigenvalue weighted by molar-refractivity contribution is -0.137. The molecule has 1 saturated heterocycles. The van der Waals surface area contributed by atoms with Gasteiger partial charge in [0.2, 0.25) is 0 Å². The molecule has 3 aromatic carbocycles. The number of hydrogen-bond donors (Lipinski definition) is 3. The van der Waals surface area contributed by atoms with Crippen LogP contribution in [0.4, 0.5) is 4.39 Å². The fraction of sp³-hybridized carbons (Fsp3) is 0.424. The molecule has 1 atom stereocenters. The van der Waals surface area contributed by atoms with E-state index in [1.807, 2.05) is 18.2 Å². The van der Waals surface area contributed by atoms with Gasteiger partial charge in [-0.2, -0.15) is 10.6 Å². The summed E-state index contributed by atoms with van der Waals surface area (Å²) in [5.74, 6) is 1.48. The number of benzene rings is 3. The van der Waals surface area contributed by atoms with Crippen molar-refractivity contribution in [3.05, 3.63) is 76.6 Å². The van der Waals surface area contributed by atoms with Gasteiger partial charge in [0.05, 0.1) is 19.6 Å². The number of aliphatic carboxylic acids is 1. The monoisotopic (exact) mass is 596 g/mol. The van der Waals surface area contributed by atoms with Crippen LogP contribution in [0, 0.1) is 11.2 Å². The average molecular weight is 597 g/mol. The number of rotatable bonds is 8. The zero-order chi connectivity index (χ0) is 29.5. The SMILES string of the molecule is CC1(COc2ccc3c(c2)CCCc2cc(F)c(COc4ccc5c(c4)OC[C@H]5CC(=O)O)cc2-3)CCS(O)(O)CC1. The maximum Gasteiger partial charge on any atom is 0.304 e. The fourth-order valence-electron chi connectivity index (χ4n) is 6.16. The second-order valence-corrected chi connectivity index (χ2v) is 14.6. The number of halogens is 1. The number of aryl methyl sites for hydroxylation is 2. The Labute approximate surface area is 247 Å². The van der Waals surface area contributed by atoms with E-state index in [2.05, 4.69) is 19.1 Å². The second-order valence-electron chi connectivity index (χ2n) is 12.2. The average Bonchev–Trinajstić information content (AvgIpc) is 3.25. The summed E-state index contributed by atoms with van der Waals surface area (Å²) in [6.45, 7) is 3.05. The van der Waals surface area contributed by atoms with Crippen LogP contribution in [0.2, 0.25) is 0 Å². The second kappa shape index (κ2) is 11.4. The highest BCUT2D eigenvalue weighted by Gasteiger charge is 2.34. The van der Waals surface area contributed by atoms with Gasteiger partial charge < -0.3 is 19.3 Å². The van der Waals surface area contributed by atoms with Crippen molar-refractivity contribution >= 4 is 16.6 Å². The van der Waals surface area contributed by atoms with Gasteiger partial charge in [0, 0.05) is 40.0 Å². The fourth-order valence-corrected chi connectivity index (χ4v) is 8.01. The Morgan fingerprint density at radius 2 is 1.71 bits per heavy atom. The first-order valence-electron chi connectivity index (χ1n) is 14.5. The van der Waals surface area contributed by atoms with E-state index in [9.17, 15) is 13.9 Å². The third-order valence-corrected chi connectivity index (χ3v) is 10.6. The molecule has 3 aromatic rings. The number of ether oxygens (including phenoxy) is 3. The molecule has 0 saturated carbocycles. The number of carboxylic acids is 1. The van der Waals surface area contributed by atoms with Gasteiger partial charge in [-0.15, -0.1) is 0 Å². The van der Waals surface area contributed by atoms with E-state index in [-0.39, 0.29) is 30.2 Å². The summed E-state index contributed by atoms with van der Waals surface area (Å²) in [6.07, 6.45) is 4.03. The molecule has 3 N–H and O–H groups in total. The molecule has 2 aliphatic heterocycles. The Bertz CT molecular complexity index is 1490. The molecule has 9 heteroatoms. The molecule has 3 aliphatic rings. The van der Waals surface area contributed by atoms with Crippen molar-refractivity contribution in [1.82, 2.24) is 0 Å². The standard InChI is InChI=1S/C33H37FO7S/c1-33(9-11-42(37,38)12-10-33)20-41-25-5-7-27-21(13-25)3-2-4-22-15-30(34)24(14-29(22)27)19-39-26-6-8-28-23(16-32(35)36)18-40-31(28)17-26/h5-8,13-15,17,23,37-38H,2-4,9-12,16,18-20H2,1H3,(H,35,36)/t23-/m1/s1. The topological polar surface area (TPSA) is 105 Å². The highest BCUT2D eigenvalue weighted by molar-refractivity contribution is 8.24. The maximum absolute atomic E-state index is 15.2. The minimum Gasteiger partial charge on any atom is -0.493 e. The van der Waals surface area contributed by atoms with Crippen LogP contribution in [0.25, 0.3) is 11.1 Å². The van der Waals surface area contributed by atoms with Gasteiger partial charge in [-0.1, -0.05) is 19.1 Å². The lowest BCUT2D eigenvalue weighted by Crippen LogP contribution is -2.34. The summed E-state index contributed by atoms with van der Waals surface area (Å²) in [4.78, 5) is 11.1. The molecule has 6 rings (SSSR count). The van der Waals surface area contributed by atoms with E-state index in [0.717, 1.165) is 60.1 Å². The molecule has 0 amide bonds. The van der Waals surface area contributed by atoms with E-state index in [1.54, 1.807) is 18.2 Å². The van der Waals surface area contributed by atoms with Crippen LogP contribution in [0.5, 0.6) is 17.2 Å². The minimum atomic E-state index is -2.43. The van der Waals surface area contributed by atoms with E-state index in [0.29, 0.717) is 41.8 Å². The van der Waals surface area contributed by atoms with Crippen LogP contribution in [0.3, 0.4) is 0 Å². The highest BCUT2D eigenvalue weighted by Crippen LogP contribution is 2.50. The largest absolute Gasteiger partial charge is 0.493 e. The van der Waals surface area contributed by atoms with E-state index in [1.165, 1.54) is 5.56 Å². The summed E-state index contributed by atoms with van der Waals surface area (Å²) in [5.41, 5.74) is 5.46. The van der Waals surface area contributed by atoms with Gasteiger partial charge >= 0.3 is 5.97 Å². The van der Waals surface area contributed by atoms with E-state index in [4.69, 9.17) is 19.3 Å². The molecule has 1 fully saturated rings. The number of fused-ring (bicyclic) bond motifs is 4. The first-order chi connectivity index (χ1) is 20.1. The summed E-state index contributed by atoms with van der Waals surface area (Å²) >= 11 is 0. The van der Waals surface area contributed by atoms with Crippen molar-refractivity contribution in [3.8, 4) is 28.4 Å². The van der Waals surface area contributed by atoms with Crippen molar-refractivity contribution < 1.29 is 37.6 Å². The zero-order valence-corrected chi connectivity index (χ0v) is 24.6. The third kappa shape index (κ3) is 6.23. The lowest BCUT2D eigenvalue weighted by atomic mass is 9.85. The van der Waals surface area contributed by atoms with Gasteiger partial charge in [0.15, 0.2) is 0 Å². The number of carbonyl (C=O) groups is 1. The number of hydrogen-bond acceptors (Lipinski definition) is 6. The number of carboxylic acid groups (broad SMARTS) is 1. The maximum atomic E-state index is 15.2. The Balaban J connectivity index is 1.16. The molecule has 224 valence electrons. The molecule has 0 radical (unpaired) electrons. The Kier molecular flexibility index (Phi) is 7.85. The first kappa shape index (κ1) is 28.8. The van der Waals surface area contributed by atoms with Crippen molar-refractivity contribution in [2.24, 2.45) is 5.41 Å². The van der Waals surface area contributed by atoms with Crippen LogP contribution >= 0.6 is 10.6 Å². The van der Waals surface area contributed by atoms with Crippen LogP contribution in [-0.2, 0) is 24.2 Å². The van der Waals surface area contributed by atoms with Crippen LogP contribution in [0.15, 0.2) is 48.5 Å². The molecule has 2 heterocycles. The van der Waals surface area contributed by atoms with Gasteiger partial charge in [-0.25, -0.2) is 4.39 Å². The molecule has 42 heavy (non-hydrogen) atoms.